The lowest BCUT2D eigenvalue weighted by molar-refractivity contribution is -0.117. The number of nitrogens with two attached hydrogens (primary N) is 1. The van der Waals surface area contributed by atoms with Crippen molar-refractivity contribution in [3.05, 3.63) is 23.8 Å². The average Bonchev–Trinajstić information content (AvgIpc) is 2.29. The molecule has 1 aromatic rings. The Labute approximate surface area is 101 Å². The second kappa shape index (κ2) is 6.88. The van der Waals surface area contributed by atoms with E-state index < -0.39 is 0 Å². The molecule has 1 aromatic carbocycles. The maximum Gasteiger partial charge on any atom is 0.226 e. The van der Waals surface area contributed by atoms with Crippen molar-refractivity contribution < 1.29 is 14.6 Å². The van der Waals surface area contributed by atoms with Gasteiger partial charge in [-0.1, -0.05) is 6.07 Å². The summed E-state index contributed by atoms with van der Waals surface area (Å²) in [4.78, 5) is 11.5. The Morgan fingerprint density at radius 1 is 1.47 bits per heavy atom. The highest BCUT2D eigenvalue weighted by Crippen LogP contribution is 2.18. The van der Waals surface area contributed by atoms with Crippen LogP contribution in [0.1, 0.15) is 12.0 Å². The van der Waals surface area contributed by atoms with Gasteiger partial charge in [0.05, 0.1) is 26.2 Å². The molecule has 17 heavy (non-hydrogen) atoms. The van der Waals surface area contributed by atoms with Crippen molar-refractivity contribution in [1.29, 1.82) is 0 Å². The molecule has 94 valence electrons. The fraction of sp³-hybridized carbons (Fsp3) is 0.417. The molecule has 0 heterocycles. The molecule has 4 N–H and O–H groups in total. The molecule has 0 saturated heterocycles. The molecule has 1 rings (SSSR count). The fourth-order valence-corrected chi connectivity index (χ4v) is 1.32. The summed E-state index contributed by atoms with van der Waals surface area (Å²) >= 11 is 0. The number of hydrogen-bond acceptors (Lipinski definition) is 4. The maximum atomic E-state index is 11.5. The van der Waals surface area contributed by atoms with Gasteiger partial charge in [-0.05, 0) is 24.6 Å². The van der Waals surface area contributed by atoms with Crippen LogP contribution < -0.4 is 11.1 Å². The van der Waals surface area contributed by atoms with Crippen LogP contribution in [0.4, 0.5) is 11.4 Å². The van der Waals surface area contributed by atoms with Gasteiger partial charge >= 0.3 is 0 Å². The molecule has 1 amide bonds. The Morgan fingerprint density at radius 3 is 2.94 bits per heavy atom. The highest BCUT2D eigenvalue weighted by Gasteiger charge is 2.05. The number of rotatable bonds is 6. The third kappa shape index (κ3) is 4.84. The number of anilines is 2. The number of aliphatic hydroxyl groups is 1. The summed E-state index contributed by atoms with van der Waals surface area (Å²) in [5.41, 5.74) is 7.93. The molecule has 0 bridgehead atoms. The van der Waals surface area contributed by atoms with Crippen LogP contribution in [-0.2, 0) is 9.53 Å². The lowest BCUT2D eigenvalue weighted by atomic mass is 10.2. The van der Waals surface area contributed by atoms with Gasteiger partial charge in [0.25, 0.3) is 0 Å². The number of ether oxygens (including phenoxy) is 1. The van der Waals surface area contributed by atoms with Crippen LogP contribution >= 0.6 is 0 Å². The van der Waals surface area contributed by atoms with Crippen LogP contribution in [0.3, 0.4) is 0 Å². The van der Waals surface area contributed by atoms with E-state index in [2.05, 4.69) is 5.32 Å². The van der Waals surface area contributed by atoms with Crippen LogP contribution in [0.5, 0.6) is 0 Å². The first kappa shape index (κ1) is 13.5. The lowest BCUT2D eigenvalue weighted by Gasteiger charge is -2.09. The van der Waals surface area contributed by atoms with E-state index >= 15 is 0 Å². The van der Waals surface area contributed by atoms with Crippen LogP contribution in [-0.4, -0.2) is 30.8 Å². The summed E-state index contributed by atoms with van der Waals surface area (Å²) < 4.78 is 5.01. The van der Waals surface area contributed by atoms with Crippen molar-refractivity contribution in [1.82, 2.24) is 0 Å². The van der Waals surface area contributed by atoms with Gasteiger partial charge in [-0.2, -0.15) is 0 Å². The Balaban J connectivity index is 2.42. The third-order valence-electron chi connectivity index (χ3n) is 2.24. The average molecular weight is 238 g/mol. The molecule has 0 spiro atoms. The topological polar surface area (TPSA) is 84.6 Å². The van der Waals surface area contributed by atoms with E-state index in [-0.39, 0.29) is 25.5 Å². The van der Waals surface area contributed by atoms with Gasteiger partial charge < -0.3 is 20.9 Å². The quantitative estimate of drug-likeness (QED) is 0.508. The largest absolute Gasteiger partial charge is 0.399 e. The number of aliphatic hydroxyl groups excluding tert-OH is 1. The highest BCUT2D eigenvalue weighted by molar-refractivity contribution is 5.92. The fourth-order valence-electron chi connectivity index (χ4n) is 1.32. The predicted molar refractivity (Wildman–Crippen MR) is 66.7 cm³/mol. The monoisotopic (exact) mass is 238 g/mol. The Hall–Kier alpha value is -1.59. The summed E-state index contributed by atoms with van der Waals surface area (Å²) in [6, 6.07) is 5.37. The van der Waals surface area contributed by atoms with Crippen LogP contribution in [0, 0.1) is 6.92 Å². The number of carbonyl (C=O) groups excluding carboxylic acids is 1. The number of carbonyl (C=O) groups is 1. The van der Waals surface area contributed by atoms with Crippen molar-refractivity contribution in [2.24, 2.45) is 0 Å². The highest BCUT2D eigenvalue weighted by atomic mass is 16.5. The molecule has 0 atom stereocenters. The van der Waals surface area contributed by atoms with Crippen LogP contribution in [0.15, 0.2) is 18.2 Å². The van der Waals surface area contributed by atoms with Crippen molar-refractivity contribution in [2.45, 2.75) is 13.3 Å². The van der Waals surface area contributed by atoms with Gasteiger partial charge in [-0.15, -0.1) is 0 Å². The molecular formula is C12H18N2O3. The van der Waals surface area contributed by atoms with Gasteiger partial charge in [0, 0.05) is 11.4 Å². The number of hydrogen-bond donors (Lipinski definition) is 3. The zero-order valence-corrected chi connectivity index (χ0v) is 9.90. The van der Waals surface area contributed by atoms with Gasteiger partial charge in [0.2, 0.25) is 5.91 Å². The van der Waals surface area contributed by atoms with E-state index in [1.807, 2.05) is 13.0 Å². The number of nitrogens with one attached hydrogen (secondary N) is 1. The van der Waals surface area contributed by atoms with Gasteiger partial charge in [0.1, 0.15) is 0 Å². The lowest BCUT2D eigenvalue weighted by Crippen LogP contribution is -2.15. The predicted octanol–water partition coefficient (Wildman–Crippen LogP) is 0.915. The van der Waals surface area contributed by atoms with E-state index in [0.29, 0.717) is 12.3 Å². The van der Waals surface area contributed by atoms with E-state index in [9.17, 15) is 4.79 Å². The number of nitrogen functional groups attached to an aromatic ring is 1. The maximum absolute atomic E-state index is 11.5. The second-order valence-corrected chi connectivity index (χ2v) is 3.71. The number of benzene rings is 1. The molecule has 0 aliphatic carbocycles. The SMILES string of the molecule is Cc1ccc(N)cc1NC(=O)CCOCCO. The van der Waals surface area contributed by atoms with E-state index in [0.717, 1.165) is 11.3 Å². The van der Waals surface area contributed by atoms with Gasteiger partial charge in [0.15, 0.2) is 0 Å². The third-order valence-corrected chi connectivity index (χ3v) is 2.24. The Morgan fingerprint density at radius 2 is 2.24 bits per heavy atom. The van der Waals surface area contributed by atoms with Gasteiger partial charge in [-0.25, -0.2) is 0 Å². The smallest absolute Gasteiger partial charge is 0.226 e. The standard InChI is InChI=1S/C12H18N2O3/c1-9-2-3-10(13)8-11(9)14-12(16)4-6-17-7-5-15/h2-3,8,15H,4-7,13H2,1H3,(H,14,16). The Kier molecular flexibility index (Phi) is 5.45. The minimum Gasteiger partial charge on any atom is -0.399 e. The van der Waals surface area contributed by atoms with E-state index in [1.54, 1.807) is 12.1 Å². The first-order chi connectivity index (χ1) is 8.13. The normalized spacial score (nSPS) is 10.2. The van der Waals surface area contributed by atoms with E-state index in [4.69, 9.17) is 15.6 Å². The first-order valence-electron chi connectivity index (χ1n) is 5.48. The summed E-state index contributed by atoms with van der Waals surface area (Å²) in [6.45, 7) is 2.42. The summed E-state index contributed by atoms with van der Waals surface area (Å²) in [5, 5.41) is 11.3. The number of aryl methyl sites for hydroxylation is 1. The summed E-state index contributed by atoms with van der Waals surface area (Å²) in [7, 11) is 0. The van der Waals surface area contributed by atoms with Crippen LogP contribution in [0.25, 0.3) is 0 Å². The minimum atomic E-state index is -0.128. The van der Waals surface area contributed by atoms with Crippen molar-refractivity contribution in [3.63, 3.8) is 0 Å². The van der Waals surface area contributed by atoms with Crippen molar-refractivity contribution in [2.75, 3.05) is 30.9 Å². The molecule has 0 aliphatic heterocycles. The first-order valence-corrected chi connectivity index (χ1v) is 5.48. The number of amides is 1. The molecule has 5 nitrogen and oxygen atoms in total. The zero-order chi connectivity index (χ0) is 12.7. The molecule has 0 fully saturated rings. The molecule has 0 unspecified atom stereocenters. The zero-order valence-electron chi connectivity index (χ0n) is 9.90. The molecule has 0 saturated carbocycles. The molecular weight excluding hydrogens is 220 g/mol. The second-order valence-electron chi connectivity index (χ2n) is 3.71. The van der Waals surface area contributed by atoms with Crippen molar-refractivity contribution in [3.8, 4) is 0 Å². The van der Waals surface area contributed by atoms with Gasteiger partial charge in [-0.3, -0.25) is 4.79 Å². The Bertz CT molecular complexity index is 380. The molecule has 0 radical (unpaired) electrons. The minimum absolute atomic E-state index is 0.0318. The summed E-state index contributed by atoms with van der Waals surface area (Å²) in [6.07, 6.45) is 0.258. The summed E-state index contributed by atoms with van der Waals surface area (Å²) in [5.74, 6) is -0.128. The van der Waals surface area contributed by atoms with Crippen LogP contribution in [0.2, 0.25) is 0 Å². The molecule has 0 aliphatic rings. The molecule has 5 heteroatoms. The van der Waals surface area contributed by atoms with E-state index in [1.165, 1.54) is 0 Å². The molecule has 0 aromatic heterocycles. The van der Waals surface area contributed by atoms with Crippen molar-refractivity contribution >= 4 is 17.3 Å².